The highest BCUT2D eigenvalue weighted by atomic mass is 16.5. The van der Waals surface area contributed by atoms with E-state index in [1.54, 1.807) is 0 Å². The molecule has 3 rings (SSSR count). The monoisotopic (exact) mass is 361 g/mol. The average molecular weight is 361 g/mol. The molecular formula is C21H31NO4. The van der Waals surface area contributed by atoms with Crippen molar-refractivity contribution < 1.29 is 19.4 Å². The van der Waals surface area contributed by atoms with E-state index in [0.717, 1.165) is 56.7 Å². The molecule has 0 aromatic heterocycles. The van der Waals surface area contributed by atoms with Crippen molar-refractivity contribution in [1.29, 1.82) is 0 Å². The van der Waals surface area contributed by atoms with E-state index in [9.17, 15) is 9.90 Å². The maximum atomic E-state index is 11.4. The zero-order chi connectivity index (χ0) is 18.7. The molecule has 1 N–H and O–H groups in total. The van der Waals surface area contributed by atoms with Gasteiger partial charge in [0.15, 0.2) is 11.5 Å². The standard InChI is InChI=1S/C21H31NO4/c1-4-22-12-9-16-13-18(25-5-2)19(26-6-3)14-17(16)21(22)10-7-15(8-11-21)20(23)24/h13-15H,4-12H2,1-3H3,(H,23,24). The molecule has 0 bridgehead atoms. The van der Waals surface area contributed by atoms with Gasteiger partial charge in [0, 0.05) is 12.1 Å². The van der Waals surface area contributed by atoms with Gasteiger partial charge in [-0.3, -0.25) is 9.69 Å². The molecule has 1 aliphatic carbocycles. The fourth-order valence-corrected chi connectivity index (χ4v) is 4.81. The lowest BCUT2D eigenvalue weighted by Crippen LogP contribution is -2.52. The lowest BCUT2D eigenvalue weighted by atomic mass is 9.68. The van der Waals surface area contributed by atoms with Gasteiger partial charge in [-0.15, -0.1) is 0 Å². The van der Waals surface area contributed by atoms with Gasteiger partial charge in [-0.1, -0.05) is 6.92 Å². The lowest BCUT2D eigenvalue weighted by Gasteiger charge is -2.51. The maximum Gasteiger partial charge on any atom is 0.306 e. The first-order chi connectivity index (χ1) is 12.6. The number of ether oxygens (including phenoxy) is 2. The predicted molar refractivity (Wildman–Crippen MR) is 101 cm³/mol. The van der Waals surface area contributed by atoms with E-state index in [1.165, 1.54) is 11.1 Å². The second-order valence-corrected chi connectivity index (χ2v) is 7.30. The number of hydrogen-bond acceptors (Lipinski definition) is 4. The highest BCUT2D eigenvalue weighted by molar-refractivity contribution is 5.70. The normalized spacial score (nSPS) is 25.7. The van der Waals surface area contributed by atoms with Crippen molar-refractivity contribution in [2.45, 2.75) is 58.4 Å². The molecule has 1 aromatic rings. The minimum atomic E-state index is -0.652. The van der Waals surface area contributed by atoms with Crippen LogP contribution in [0.1, 0.15) is 57.6 Å². The zero-order valence-electron chi connectivity index (χ0n) is 16.2. The van der Waals surface area contributed by atoms with Gasteiger partial charge in [-0.2, -0.15) is 0 Å². The average Bonchev–Trinajstić information content (AvgIpc) is 2.64. The van der Waals surface area contributed by atoms with Crippen molar-refractivity contribution in [3.05, 3.63) is 23.3 Å². The van der Waals surface area contributed by atoms with Crippen molar-refractivity contribution >= 4 is 5.97 Å². The summed E-state index contributed by atoms with van der Waals surface area (Å²) in [6, 6.07) is 4.33. The van der Waals surface area contributed by atoms with E-state index in [0.29, 0.717) is 13.2 Å². The Hall–Kier alpha value is -1.75. The molecule has 1 aromatic carbocycles. The van der Waals surface area contributed by atoms with Crippen LogP contribution < -0.4 is 9.47 Å². The SMILES string of the molecule is CCOc1cc2c(cc1OCC)C1(CCC(C(=O)O)CC1)N(CC)CC2. The number of nitrogens with zero attached hydrogens (tertiary/aromatic N) is 1. The van der Waals surface area contributed by atoms with Crippen LogP contribution in [0.5, 0.6) is 11.5 Å². The summed E-state index contributed by atoms with van der Waals surface area (Å²) in [6.07, 6.45) is 4.26. The van der Waals surface area contributed by atoms with Crippen molar-refractivity contribution in [3.8, 4) is 11.5 Å². The first-order valence-electron chi connectivity index (χ1n) is 9.96. The van der Waals surface area contributed by atoms with Gasteiger partial charge in [0.2, 0.25) is 0 Å². The number of fused-ring (bicyclic) bond motifs is 2. The smallest absolute Gasteiger partial charge is 0.306 e. The predicted octanol–water partition coefficient (Wildman–Crippen LogP) is 3.83. The third kappa shape index (κ3) is 3.29. The van der Waals surface area contributed by atoms with Crippen LogP contribution >= 0.6 is 0 Å². The number of likely N-dealkylation sites (N-methyl/N-ethyl adjacent to an activating group) is 1. The van der Waals surface area contributed by atoms with Crippen LogP contribution in [0.2, 0.25) is 0 Å². The quantitative estimate of drug-likeness (QED) is 0.834. The third-order valence-corrected chi connectivity index (χ3v) is 6.07. The molecule has 144 valence electrons. The van der Waals surface area contributed by atoms with Crippen molar-refractivity contribution in [1.82, 2.24) is 4.90 Å². The Bertz CT molecular complexity index is 650. The molecular weight excluding hydrogens is 330 g/mol. The summed E-state index contributed by atoms with van der Waals surface area (Å²) < 4.78 is 11.7. The Kier molecular flexibility index (Phi) is 5.76. The molecule has 0 radical (unpaired) electrons. The van der Waals surface area contributed by atoms with Crippen LogP contribution in [0.3, 0.4) is 0 Å². The lowest BCUT2D eigenvalue weighted by molar-refractivity contribution is -0.144. The molecule has 5 nitrogen and oxygen atoms in total. The topological polar surface area (TPSA) is 59.0 Å². The Balaban J connectivity index is 2.02. The van der Waals surface area contributed by atoms with E-state index in [-0.39, 0.29) is 11.5 Å². The number of aliphatic carboxylic acids is 1. The van der Waals surface area contributed by atoms with Crippen molar-refractivity contribution in [2.75, 3.05) is 26.3 Å². The van der Waals surface area contributed by atoms with Gasteiger partial charge in [0.25, 0.3) is 0 Å². The number of hydrogen-bond donors (Lipinski definition) is 1. The van der Waals surface area contributed by atoms with Crippen LogP contribution in [-0.4, -0.2) is 42.3 Å². The highest BCUT2D eigenvalue weighted by Crippen LogP contribution is 2.49. The summed E-state index contributed by atoms with van der Waals surface area (Å²) in [6.45, 7) is 9.39. The molecule has 1 spiro atoms. The molecule has 0 amide bonds. The Morgan fingerprint density at radius 3 is 2.31 bits per heavy atom. The maximum absolute atomic E-state index is 11.4. The summed E-state index contributed by atoms with van der Waals surface area (Å²) in [4.78, 5) is 14.0. The van der Waals surface area contributed by atoms with E-state index in [1.807, 2.05) is 13.8 Å². The first kappa shape index (κ1) is 19.0. The van der Waals surface area contributed by atoms with E-state index >= 15 is 0 Å². The third-order valence-electron chi connectivity index (χ3n) is 6.07. The number of rotatable bonds is 6. The summed E-state index contributed by atoms with van der Waals surface area (Å²) in [5, 5.41) is 9.40. The minimum Gasteiger partial charge on any atom is -0.490 e. The molecule has 1 saturated carbocycles. The summed E-state index contributed by atoms with van der Waals surface area (Å²) in [7, 11) is 0. The zero-order valence-corrected chi connectivity index (χ0v) is 16.2. The Labute approximate surface area is 156 Å². The molecule has 5 heteroatoms. The summed E-state index contributed by atoms with van der Waals surface area (Å²) in [5.41, 5.74) is 2.59. The molecule has 0 unspecified atom stereocenters. The van der Waals surface area contributed by atoms with E-state index in [2.05, 4.69) is 24.0 Å². The second-order valence-electron chi connectivity index (χ2n) is 7.30. The number of carboxylic acid groups (broad SMARTS) is 1. The van der Waals surface area contributed by atoms with Gasteiger partial charge in [0.1, 0.15) is 0 Å². The Morgan fingerprint density at radius 2 is 1.77 bits per heavy atom. The molecule has 26 heavy (non-hydrogen) atoms. The van der Waals surface area contributed by atoms with Crippen LogP contribution in [0, 0.1) is 5.92 Å². The second kappa shape index (κ2) is 7.87. The molecule has 0 atom stereocenters. The summed E-state index contributed by atoms with van der Waals surface area (Å²) in [5.74, 6) is 0.776. The summed E-state index contributed by atoms with van der Waals surface area (Å²) >= 11 is 0. The number of carboxylic acids is 1. The first-order valence-corrected chi connectivity index (χ1v) is 9.96. The largest absolute Gasteiger partial charge is 0.490 e. The van der Waals surface area contributed by atoms with Gasteiger partial charge in [-0.25, -0.2) is 0 Å². The molecule has 2 aliphatic rings. The van der Waals surface area contributed by atoms with E-state index < -0.39 is 5.97 Å². The Morgan fingerprint density at radius 1 is 1.15 bits per heavy atom. The van der Waals surface area contributed by atoms with E-state index in [4.69, 9.17) is 9.47 Å². The van der Waals surface area contributed by atoms with Crippen LogP contribution in [-0.2, 0) is 16.8 Å². The van der Waals surface area contributed by atoms with Crippen molar-refractivity contribution in [3.63, 3.8) is 0 Å². The molecule has 1 aliphatic heterocycles. The van der Waals surface area contributed by atoms with Gasteiger partial charge in [-0.05, 0) is 75.8 Å². The fraction of sp³-hybridized carbons (Fsp3) is 0.667. The van der Waals surface area contributed by atoms with Gasteiger partial charge >= 0.3 is 5.97 Å². The number of carbonyl (C=O) groups is 1. The van der Waals surface area contributed by atoms with Gasteiger partial charge in [0.05, 0.1) is 19.1 Å². The number of benzene rings is 1. The van der Waals surface area contributed by atoms with Crippen molar-refractivity contribution in [2.24, 2.45) is 5.92 Å². The molecule has 0 saturated heterocycles. The van der Waals surface area contributed by atoms with Crippen LogP contribution in [0.15, 0.2) is 12.1 Å². The highest BCUT2D eigenvalue weighted by Gasteiger charge is 2.46. The van der Waals surface area contributed by atoms with Gasteiger partial charge < -0.3 is 14.6 Å². The molecule has 1 fully saturated rings. The minimum absolute atomic E-state index is 0.0646. The van der Waals surface area contributed by atoms with Crippen LogP contribution in [0.25, 0.3) is 0 Å². The molecule has 1 heterocycles. The van der Waals surface area contributed by atoms with Crippen LogP contribution in [0.4, 0.5) is 0 Å². The fourth-order valence-electron chi connectivity index (χ4n) is 4.81.